The Kier molecular flexibility index (Phi) is 5.73. The highest BCUT2D eigenvalue weighted by molar-refractivity contribution is 7.14. The van der Waals surface area contributed by atoms with Crippen LogP contribution >= 0.6 is 11.3 Å². The van der Waals surface area contributed by atoms with Gasteiger partial charge in [0, 0.05) is 12.1 Å². The molecule has 0 fully saturated rings. The number of thiophene rings is 1. The summed E-state index contributed by atoms with van der Waals surface area (Å²) in [5, 5.41) is 18.6. The second kappa shape index (κ2) is 8.77. The molecular weight excluding hydrogens is 414 g/mol. The Morgan fingerprint density at radius 3 is 2.81 bits per heavy atom. The van der Waals surface area contributed by atoms with Gasteiger partial charge in [-0.05, 0) is 24.4 Å². The summed E-state index contributed by atoms with van der Waals surface area (Å²) >= 11 is 1.23. The van der Waals surface area contributed by atoms with Crippen LogP contribution in [-0.4, -0.2) is 33.2 Å². The molecule has 0 bridgehead atoms. The molecule has 8 nitrogen and oxygen atoms in total. The number of anilines is 1. The van der Waals surface area contributed by atoms with Gasteiger partial charge in [-0.25, -0.2) is 14.5 Å². The Balaban J connectivity index is 1.59. The van der Waals surface area contributed by atoms with E-state index in [1.165, 1.54) is 11.3 Å². The Labute approximate surface area is 181 Å². The van der Waals surface area contributed by atoms with Gasteiger partial charge in [-0.2, -0.15) is 10.4 Å². The predicted octanol–water partition coefficient (Wildman–Crippen LogP) is 3.85. The minimum atomic E-state index is -0.651. The number of hydrogen-bond acceptors (Lipinski definition) is 7. The second-order valence-corrected chi connectivity index (χ2v) is 7.43. The lowest BCUT2D eigenvalue weighted by Crippen LogP contribution is -2.21. The van der Waals surface area contributed by atoms with Gasteiger partial charge >= 0.3 is 5.97 Å². The van der Waals surface area contributed by atoms with Crippen LogP contribution in [0.25, 0.3) is 22.3 Å². The highest BCUT2D eigenvalue weighted by Crippen LogP contribution is 2.26. The van der Waals surface area contributed by atoms with Crippen LogP contribution in [0.1, 0.15) is 22.8 Å². The van der Waals surface area contributed by atoms with Gasteiger partial charge in [0.1, 0.15) is 11.1 Å². The van der Waals surface area contributed by atoms with E-state index in [0.717, 1.165) is 5.56 Å². The van der Waals surface area contributed by atoms with E-state index in [2.05, 4.69) is 15.4 Å². The van der Waals surface area contributed by atoms with E-state index in [9.17, 15) is 9.59 Å². The van der Waals surface area contributed by atoms with Crippen molar-refractivity contribution in [3.8, 4) is 17.3 Å². The van der Waals surface area contributed by atoms with Crippen molar-refractivity contribution >= 4 is 39.2 Å². The molecule has 1 aromatic carbocycles. The van der Waals surface area contributed by atoms with Gasteiger partial charge in [0.05, 0.1) is 28.4 Å². The van der Waals surface area contributed by atoms with Crippen molar-refractivity contribution < 1.29 is 14.3 Å². The van der Waals surface area contributed by atoms with Gasteiger partial charge in [-0.1, -0.05) is 30.3 Å². The standard InChI is InChI=1S/C22H17N5O3S/c1-2-27-20-17(12-24-27)16(10-18(25-20)14-6-4-3-5-7-14)22(29)30-13-19(28)26-21-15(11-23)8-9-31-21/h3-10,12H,2,13H2,1H3,(H,26,28). The van der Waals surface area contributed by atoms with Gasteiger partial charge in [-0.15, -0.1) is 11.3 Å². The summed E-state index contributed by atoms with van der Waals surface area (Å²) in [6.45, 7) is 2.05. The van der Waals surface area contributed by atoms with Crippen LogP contribution in [0.5, 0.6) is 0 Å². The zero-order valence-electron chi connectivity index (χ0n) is 16.5. The number of carbonyl (C=O) groups excluding carboxylic acids is 2. The highest BCUT2D eigenvalue weighted by Gasteiger charge is 2.19. The van der Waals surface area contributed by atoms with Gasteiger partial charge in [0.15, 0.2) is 12.3 Å². The number of amides is 1. The van der Waals surface area contributed by atoms with Crippen LogP contribution < -0.4 is 5.32 Å². The number of nitrogens with one attached hydrogen (secondary N) is 1. The summed E-state index contributed by atoms with van der Waals surface area (Å²) in [5.74, 6) is -1.17. The number of benzene rings is 1. The van der Waals surface area contributed by atoms with Crippen LogP contribution in [0.4, 0.5) is 5.00 Å². The van der Waals surface area contributed by atoms with Gasteiger partial charge in [-0.3, -0.25) is 4.79 Å². The first-order valence-corrected chi connectivity index (χ1v) is 10.3. The Bertz CT molecular complexity index is 1300. The largest absolute Gasteiger partial charge is 0.452 e. The van der Waals surface area contributed by atoms with Gasteiger partial charge in [0.25, 0.3) is 5.91 Å². The minimum Gasteiger partial charge on any atom is -0.452 e. The van der Waals surface area contributed by atoms with Crippen molar-refractivity contribution in [2.45, 2.75) is 13.5 Å². The zero-order chi connectivity index (χ0) is 21.8. The number of pyridine rings is 1. The average Bonchev–Trinajstić information content (AvgIpc) is 3.43. The van der Waals surface area contributed by atoms with Gasteiger partial charge in [0.2, 0.25) is 0 Å². The molecule has 0 unspecified atom stereocenters. The molecule has 3 aromatic heterocycles. The van der Waals surface area contributed by atoms with E-state index in [4.69, 9.17) is 10.00 Å². The van der Waals surface area contributed by atoms with Crippen LogP contribution in [-0.2, 0) is 16.1 Å². The van der Waals surface area contributed by atoms with Crippen molar-refractivity contribution in [2.75, 3.05) is 11.9 Å². The van der Waals surface area contributed by atoms with Crippen molar-refractivity contribution in [2.24, 2.45) is 0 Å². The molecule has 0 atom stereocenters. The molecule has 0 aliphatic rings. The number of hydrogen-bond donors (Lipinski definition) is 1. The van der Waals surface area contributed by atoms with Crippen molar-refractivity contribution in [1.29, 1.82) is 5.26 Å². The first-order valence-electron chi connectivity index (χ1n) is 9.47. The normalized spacial score (nSPS) is 10.6. The number of ether oxygens (including phenoxy) is 1. The maximum Gasteiger partial charge on any atom is 0.339 e. The summed E-state index contributed by atoms with van der Waals surface area (Å²) in [4.78, 5) is 29.7. The van der Waals surface area contributed by atoms with Crippen LogP contribution in [0.2, 0.25) is 0 Å². The van der Waals surface area contributed by atoms with E-state index in [1.54, 1.807) is 28.4 Å². The van der Waals surface area contributed by atoms with Crippen LogP contribution in [0, 0.1) is 11.3 Å². The molecule has 4 aromatic rings. The first-order chi connectivity index (χ1) is 15.1. The molecule has 4 rings (SSSR count). The monoisotopic (exact) mass is 431 g/mol. The number of carbonyl (C=O) groups is 2. The fourth-order valence-corrected chi connectivity index (χ4v) is 3.82. The van der Waals surface area contributed by atoms with E-state index in [0.29, 0.717) is 33.8 Å². The molecule has 1 amide bonds. The summed E-state index contributed by atoms with van der Waals surface area (Å²) < 4.78 is 6.96. The third kappa shape index (κ3) is 4.15. The molecule has 1 N–H and O–H groups in total. The number of nitrogens with zero attached hydrogens (tertiary/aromatic N) is 4. The quantitative estimate of drug-likeness (QED) is 0.465. The SMILES string of the molecule is CCn1ncc2c(C(=O)OCC(=O)Nc3sccc3C#N)cc(-c3ccccc3)nc21. The van der Waals surface area contributed by atoms with Crippen molar-refractivity contribution in [1.82, 2.24) is 14.8 Å². The molecule has 0 saturated carbocycles. The molecule has 3 heterocycles. The number of rotatable bonds is 6. The number of fused-ring (bicyclic) bond motifs is 1. The molecule has 31 heavy (non-hydrogen) atoms. The third-order valence-electron chi connectivity index (χ3n) is 4.57. The first kappa shape index (κ1) is 20.3. The highest BCUT2D eigenvalue weighted by atomic mass is 32.1. The second-order valence-electron chi connectivity index (χ2n) is 6.52. The fourth-order valence-electron chi connectivity index (χ4n) is 3.07. The van der Waals surface area contributed by atoms with E-state index in [1.807, 2.05) is 43.3 Å². The fraction of sp³-hybridized carbons (Fsp3) is 0.136. The van der Waals surface area contributed by atoms with Crippen LogP contribution in [0.15, 0.2) is 54.0 Å². The maximum absolute atomic E-state index is 12.9. The summed E-state index contributed by atoms with van der Waals surface area (Å²) in [6.07, 6.45) is 1.57. The Hall–Kier alpha value is -4.03. The Morgan fingerprint density at radius 2 is 2.06 bits per heavy atom. The van der Waals surface area contributed by atoms with Crippen LogP contribution in [0.3, 0.4) is 0 Å². The smallest absolute Gasteiger partial charge is 0.339 e. The molecule has 9 heteroatoms. The lowest BCUT2D eigenvalue weighted by Gasteiger charge is -2.09. The topological polar surface area (TPSA) is 110 Å². The van der Waals surface area contributed by atoms with Gasteiger partial charge < -0.3 is 10.1 Å². The molecule has 154 valence electrons. The van der Waals surface area contributed by atoms with Crippen molar-refractivity contribution in [3.05, 3.63) is 65.2 Å². The predicted molar refractivity (Wildman–Crippen MR) is 117 cm³/mol. The summed E-state index contributed by atoms with van der Waals surface area (Å²) in [7, 11) is 0. The summed E-state index contributed by atoms with van der Waals surface area (Å²) in [6, 6.07) is 14.7. The molecule has 0 spiro atoms. The molecule has 0 saturated heterocycles. The van der Waals surface area contributed by atoms with Crippen molar-refractivity contribution in [3.63, 3.8) is 0 Å². The lowest BCUT2D eigenvalue weighted by atomic mass is 10.1. The van der Waals surface area contributed by atoms with E-state index < -0.39 is 18.5 Å². The molecule has 0 radical (unpaired) electrons. The maximum atomic E-state index is 12.9. The zero-order valence-corrected chi connectivity index (χ0v) is 17.3. The summed E-state index contributed by atoms with van der Waals surface area (Å²) in [5.41, 5.74) is 2.67. The average molecular weight is 431 g/mol. The number of aromatic nitrogens is 3. The number of esters is 1. The van der Waals surface area contributed by atoms with E-state index >= 15 is 0 Å². The molecular formula is C22H17N5O3S. The molecule has 0 aliphatic heterocycles. The Morgan fingerprint density at radius 1 is 1.26 bits per heavy atom. The lowest BCUT2D eigenvalue weighted by molar-refractivity contribution is -0.119. The number of aryl methyl sites for hydroxylation is 1. The third-order valence-corrected chi connectivity index (χ3v) is 5.40. The molecule has 0 aliphatic carbocycles. The van der Waals surface area contributed by atoms with E-state index in [-0.39, 0.29) is 5.56 Å². The minimum absolute atomic E-state index is 0.283. The number of nitriles is 1.